The Morgan fingerprint density at radius 1 is 1.12 bits per heavy atom. The van der Waals surface area contributed by atoms with E-state index < -0.39 is 49.5 Å². The molecule has 4 atom stereocenters. The number of ether oxygens (including phenoxy) is 5. The fraction of sp³-hybridized carbons (Fsp3) is 0.786. The molecule has 1 aliphatic carbocycles. The minimum atomic E-state index is -3.39. The smallest absolute Gasteiger partial charge is 0.416 e. The molecular weight excluding hydrogens is 581 g/mol. The highest BCUT2D eigenvalue weighted by molar-refractivity contribution is 7.53. The molecule has 0 radical (unpaired) electrons. The Kier molecular flexibility index (Phi) is 9.49. The predicted molar refractivity (Wildman–Crippen MR) is 155 cm³/mol. The topological polar surface area (TPSA) is 145 Å². The van der Waals surface area contributed by atoms with Gasteiger partial charge in [0.2, 0.25) is 0 Å². The Morgan fingerprint density at radius 3 is 2.44 bits per heavy atom. The van der Waals surface area contributed by atoms with E-state index in [4.69, 9.17) is 32.7 Å². The Labute approximate surface area is 252 Å². The number of nitrogens with zero attached hydrogens (tertiary/aromatic N) is 5. The maximum atomic E-state index is 13.5. The van der Waals surface area contributed by atoms with Crippen LogP contribution in [0.15, 0.2) is 12.5 Å². The normalized spacial score (nSPS) is 25.8. The van der Waals surface area contributed by atoms with Crippen molar-refractivity contribution in [2.75, 3.05) is 31.1 Å². The van der Waals surface area contributed by atoms with Gasteiger partial charge in [0.05, 0.1) is 31.7 Å². The summed E-state index contributed by atoms with van der Waals surface area (Å²) in [4.78, 5) is 24.2. The Balaban J connectivity index is 1.42. The Hall–Kier alpha value is -2.19. The highest BCUT2D eigenvalue weighted by atomic mass is 31.2. The van der Waals surface area contributed by atoms with Crippen LogP contribution in [0.2, 0.25) is 0 Å². The van der Waals surface area contributed by atoms with Gasteiger partial charge in [-0.3, -0.25) is 9.46 Å². The summed E-state index contributed by atoms with van der Waals surface area (Å²) in [7, 11) is -3.39. The van der Waals surface area contributed by atoms with Crippen molar-refractivity contribution < 1.29 is 42.1 Å². The van der Waals surface area contributed by atoms with Gasteiger partial charge < -0.3 is 32.7 Å². The van der Waals surface area contributed by atoms with Crippen LogP contribution in [0, 0.1) is 0 Å². The Morgan fingerprint density at radius 2 is 1.79 bits per heavy atom. The van der Waals surface area contributed by atoms with E-state index in [2.05, 4.69) is 15.1 Å². The maximum Gasteiger partial charge on any atom is 0.416 e. The first-order valence-corrected chi connectivity index (χ1v) is 16.8. The van der Waals surface area contributed by atoms with E-state index >= 15 is 0 Å². The van der Waals surface area contributed by atoms with E-state index in [1.807, 2.05) is 34.6 Å². The first-order chi connectivity index (χ1) is 20.3. The molecule has 0 N–H and O–H groups in total. The SMILES string of the molecule is CCOP(=O)(COC[C@H]1O[C@@H](c2cnc3c(N(C(=O)OC(C)(C)C)C4CCCC4)ncnn23)[C@@H]2OC(C)(C)O[C@@H]21)OCC. The molecule has 4 heterocycles. The van der Waals surface area contributed by atoms with Crippen LogP contribution in [0.3, 0.4) is 0 Å². The first-order valence-electron chi connectivity index (χ1n) is 15.0. The molecule has 240 valence electrons. The van der Waals surface area contributed by atoms with Crippen molar-refractivity contribution >= 4 is 25.2 Å². The number of carbonyl (C=O) groups excluding carboxylic acids is 1. The Bertz CT molecular complexity index is 1320. The average molecular weight is 626 g/mol. The summed E-state index contributed by atoms with van der Waals surface area (Å²) in [5, 5.41) is 4.49. The number of amides is 1. The number of fused-ring (bicyclic) bond motifs is 2. The summed E-state index contributed by atoms with van der Waals surface area (Å²) in [5.74, 6) is -0.485. The molecule has 3 aliphatic rings. The molecule has 5 rings (SSSR count). The standard InChI is InChI=1S/C28H44N5O9P/c1-8-37-43(35,38-9-2)17-36-15-20-22-23(41-28(6,7)40-22)21(39-20)19-14-29-25-24(30-16-31-33(19)25)32(18-12-10-11-13-18)26(34)42-27(3,4)5/h14,16,18,20-23H,8-13,15,17H2,1-7H3/t20-,21+,22-,23+/m1/s1. The second-order valence-corrected chi connectivity index (χ2v) is 14.4. The second kappa shape index (κ2) is 12.7. The van der Waals surface area contributed by atoms with Crippen LogP contribution in [0.1, 0.15) is 85.9 Å². The number of hydrogen-bond acceptors (Lipinski definition) is 12. The molecule has 3 fully saturated rings. The van der Waals surface area contributed by atoms with E-state index in [9.17, 15) is 9.36 Å². The summed E-state index contributed by atoms with van der Waals surface area (Å²) in [6.07, 6.45) is 3.98. The van der Waals surface area contributed by atoms with Crippen molar-refractivity contribution in [3.05, 3.63) is 18.2 Å². The largest absolute Gasteiger partial charge is 0.443 e. The summed E-state index contributed by atoms with van der Waals surface area (Å²) in [6.45, 7) is 13.3. The van der Waals surface area contributed by atoms with Crippen LogP contribution in [0.4, 0.5) is 10.6 Å². The van der Waals surface area contributed by atoms with Crippen LogP contribution in [-0.4, -0.2) is 87.6 Å². The van der Waals surface area contributed by atoms with E-state index in [1.54, 1.807) is 29.5 Å². The molecule has 15 heteroatoms. The minimum Gasteiger partial charge on any atom is -0.443 e. The van der Waals surface area contributed by atoms with Crippen molar-refractivity contribution in [3.8, 4) is 0 Å². The highest BCUT2D eigenvalue weighted by Gasteiger charge is 2.56. The van der Waals surface area contributed by atoms with E-state index in [1.165, 1.54) is 6.33 Å². The molecule has 0 spiro atoms. The summed E-state index contributed by atoms with van der Waals surface area (Å²) in [5.41, 5.74) is 0.345. The van der Waals surface area contributed by atoms with E-state index in [0.29, 0.717) is 17.2 Å². The maximum absolute atomic E-state index is 13.5. The lowest BCUT2D eigenvalue weighted by atomic mass is 10.1. The molecule has 2 aromatic heterocycles. The lowest BCUT2D eigenvalue weighted by Crippen LogP contribution is -2.43. The van der Waals surface area contributed by atoms with Gasteiger partial charge in [-0.25, -0.2) is 19.3 Å². The molecule has 43 heavy (non-hydrogen) atoms. The number of hydrogen-bond donors (Lipinski definition) is 0. The van der Waals surface area contributed by atoms with Crippen molar-refractivity contribution in [2.24, 2.45) is 0 Å². The molecule has 1 saturated carbocycles. The van der Waals surface area contributed by atoms with Crippen molar-refractivity contribution in [2.45, 2.75) is 116 Å². The van der Waals surface area contributed by atoms with Gasteiger partial charge in [0.25, 0.3) is 0 Å². The van der Waals surface area contributed by atoms with Crippen LogP contribution >= 0.6 is 7.60 Å². The highest BCUT2D eigenvalue weighted by Crippen LogP contribution is 2.49. The lowest BCUT2D eigenvalue weighted by Gasteiger charge is -2.30. The van der Waals surface area contributed by atoms with Crippen LogP contribution in [0.5, 0.6) is 0 Å². The lowest BCUT2D eigenvalue weighted by molar-refractivity contribution is -0.193. The molecule has 2 aliphatic heterocycles. The van der Waals surface area contributed by atoms with Gasteiger partial charge in [-0.2, -0.15) is 5.10 Å². The molecule has 1 amide bonds. The fourth-order valence-electron chi connectivity index (χ4n) is 5.91. The van der Waals surface area contributed by atoms with Gasteiger partial charge in [-0.15, -0.1) is 0 Å². The molecule has 14 nitrogen and oxygen atoms in total. The van der Waals surface area contributed by atoms with Crippen LogP contribution < -0.4 is 4.90 Å². The number of imidazole rings is 1. The molecule has 0 aromatic carbocycles. The zero-order chi connectivity index (χ0) is 31.0. The molecule has 0 unspecified atom stereocenters. The molecule has 2 saturated heterocycles. The first kappa shape index (κ1) is 32.2. The number of rotatable bonds is 11. The molecular formula is C28H44N5O9P. The third-order valence-corrected chi connectivity index (χ3v) is 9.25. The number of anilines is 1. The van der Waals surface area contributed by atoms with Crippen molar-refractivity contribution in [1.82, 2.24) is 19.6 Å². The third-order valence-electron chi connectivity index (χ3n) is 7.44. The van der Waals surface area contributed by atoms with Gasteiger partial charge in [0.15, 0.2) is 17.3 Å². The fourth-order valence-corrected chi connectivity index (χ4v) is 7.25. The van der Waals surface area contributed by atoms with Crippen LogP contribution in [-0.2, 0) is 37.3 Å². The van der Waals surface area contributed by atoms with Gasteiger partial charge in [0, 0.05) is 6.04 Å². The zero-order valence-electron chi connectivity index (χ0n) is 26.1. The van der Waals surface area contributed by atoms with Crippen molar-refractivity contribution in [1.29, 1.82) is 0 Å². The summed E-state index contributed by atoms with van der Waals surface area (Å²) >= 11 is 0. The average Bonchev–Trinajstić information content (AvgIpc) is 3.69. The monoisotopic (exact) mass is 625 g/mol. The van der Waals surface area contributed by atoms with Crippen molar-refractivity contribution in [3.63, 3.8) is 0 Å². The second-order valence-electron chi connectivity index (χ2n) is 12.4. The molecule has 2 aromatic rings. The number of aromatic nitrogens is 4. The van der Waals surface area contributed by atoms with E-state index in [0.717, 1.165) is 25.7 Å². The third kappa shape index (κ3) is 7.06. The minimum absolute atomic E-state index is 0.0564. The molecule has 0 bridgehead atoms. The summed E-state index contributed by atoms with van der Waals surface area (Å²) < 4.78 is 55.8. The predicted octanol–water partition coefficient (Wildman–Crippen LogP) is 5.01. The zero-order valence-corrected chi connectivity index (χ0v) is 27.0. The van der Waals surface area contributed by atoms with Gasteiger partial charge in [-0.1, -0.05) is 12.8 Å². The van der Waals surface area contributed by atoms with Gasteiger partial charge in [-0.05, 0) is 61.3 Å². The summed E-state index contributed by atoms with van der Waals surface area (Å²) in [6, 6.07) is -0.0564. The quantitative estimate of drug-likeness (QED) is 0.310. The van der Waals surface area contributed by atoms with Gasteiger partial charge in [0.1, 0.15) is 42.7 Å². The van der Waals surface area contributed by atoms with E-state index in [-0.39, 0.29) is 32.2 Å². The van der Waals surface area contributed by atoms with Crippen LogP contribution in [0.25, 0.3) is 5.65 Å². The van der Waals surface area contributed by atoms with Gasteiger partial charge >= 0.3 is 13.7 Å². The number of carbonyl (C=O) groups is 1.